The third kappa shape index (κ3) is 9.72. The SMILES string of the molecule is O=C(CCCCCC(=O)OCc1cc(Cl)cc(Cl)c1)OCc1cc(Cl)cc(Cl)c1. The second kappa shape index (κ2) is 12.3. The van der Waals surface area contributed by atoms with Crippen molar-refractivity contribution in [2.45, 2.75) is 45.3 Å². The molecule has 0 bridgehead atoms. The molecular formula is C21H20Cl4O4. The van der Waals surface area contributed by atoms with Crippen LogP contribution in [0.15, 0.2) is 36.4 Å². The minimum absolute atomic E-state index is 0.124. The average molecular weight is 478 g/mol. The first-order chi connectivity index (χ1) is 13.8. The number of rotatable bonds is 10. The molecule has 0 saturated carbocycles. The number of carbonyl (C=O) groups excluding carboxylic acids is 2. The van der Waals surface area contributed by atoms with Gasteiger partial charge >= 0.3 is 11.9 Å². The fourth-order valence-corrected chi connectivity index (χ4v) is 3.72. The van der Waals surface area contributed by atoms with Gasteiger partial charge in [-0.2, -0.15) is 0 Å². The van der Waals surface area contributed by atoms with E-state index in [0.717, 1.165) is 17.5 Å². The summed E-state index contributed by atoms with van der Waals surface area (Å²) in [5, 5.41) is 1.98. The molecule has 2 aromatic carbocycles. The Labute approximate surface area is 190 Å². The van der Waals surface area contributed by atoms with E-state index in [4.69, 9.17) is 55.9 Å². The lowest BCUT2D eigenvalue weighted by Gasteiger charge is -2.07. The molecule has 0 radical (unpaired) electrons. The Balaban J connectivity index is 1.56. The molecular weight excluding hydrogens is 458 g/mol. The first-order valence-electron chi connectivity index (χ1n) is 9.03. The molecule has 0 aromatic heterocycles. The Morgan fingerprint density at radius 3 is 1.28 bits per heavy atom. The van der Waals surface area contributed by atoms with Gasteiger partial charge in [-0.3, -0.25) is 9.59 Å². The van der Waals surface area contributed by atoms with Crippen LogP contribution in [0.2, 0.25) is 20.1 Å². The summed E-state index contributed by atoms with van der Waals surface area (Å²) in [7, 11) is 0. The highest BCUT2D eigenvalue weighted by molar-refractivity contribution is 6.35. The minimum Gasteiger partial charge on any atom is -0.461 e. The molecule has 0 aliphatic heterocycles. The number of esters is 2. The zero-order valence-electron chi connectivity index (χ0n) is 15.6. The van der Waals surface area contributed by atoms with Crippen LogP contribution in [0.1, 0.15) is 43.2 Å². The van der Waals surface area contributed by atoms with Crippen LogP contribution in [0.4, 0.5) is 0 Å². The van der Waals surface area contributed by atoms with E-state index in [2.05, 4.69) is 0 Å². The maximum atomic E-state index is 11.8. The van der Waals surface area contributed by atoms with Gasteiger partial charge in [0, 0.05) is 32.9 Å². The van der Waals surface area contributed by atoms with Crippen molar-refractivity contribution < 1.29 is 19.1 Å². The van der Waals surface area contributed by atoms with Gasteiger partial charge in [0.25, 0.3) is 0 Å². The molecule has 0 aliphatic rings. The van der Waals surface area contributed by atoms with Crippen molar-refractivity contribution in [3.63, 3.8) is 0 Å². The predicted octanol–water partition coefficient (Wildman–Crippen LogP) is 7.04. The van der Waals surface area contributed by atoms with Crippen molar-refractivity contribution in [3.8, 4) is 0 Å². The predicted molar refractivity (Wildman–Crippen MR) is 116 cm³/mol. The molecule has 0 fully saturated rings. The highest BCUT2D eigenvalue weighted by atomic mass is 35.5. The van der Waals surface area contributed by atoms with E-state index < -0.39 is 0 Å². The Bertz CT molecular complexity index is 745. The summed E-state index contributed by atoms with van der Waals surface area (Å²) in [4.78, 5) is 23.6. The van der Waals surface area contributed by atoms with E-state index in [-0.39, 0.29) is 38.0 Å². The summed E-state index contributed by atoms with van der Waals surface area (Å²) < 4.78 is 10.4. The molecule has 4 nitrogen and oxygen atoms in total. The summed E-state index contributed by atoms with van der Waals surface area (Å²) in [6.07, 6.45) is 2.55. The van der Waals surface area contributed by atoms with Crippen LogP contribution < -0.4 is 0 Å². The van der Waals surface area contributed by atoms with Gasteiger partial charge in [-0.15, -0.1) is 0 Å². The van der Waals surface area contributed by atoms with Crippen LogP contribution >= 0.6 is 46.4 Å². The fourth-order valence-electron chi connectivity index (χ4n) is 2.58. The number of carbonyl (C=O) groups is 2. The van der Waals surface area contributed by atoms with Crippen LogP contribution in [-0.4, -0.2) is 11.9 Å². The zero-order chi connectivity index (χ0) is 21.2. The molecule has 0 N–H and O–H groups in total. The number of benzene rings is 2. The summed E-state index contributed by atoms with van der Waals surface area (Å²) in [6, 6.07) is 10.0. The van der Waals surface area contributed by atoms with E-state index in [0.29, 0.717) is 32.9 Å². The van der Waals surface area contributed by atoms with Gasteiger partial charge in [0.1, 0.15) is 13.2 Å². The Kier molecular flexibility index (Phi) is 10.1. The molecule has 2 aromatic rings. The Hall–Kier alpha value is -1.46. The van der Waals surface area contributed by atoms with Gasteiger partial charge < -0.3 is 9.47 Å². The maximum absolute atomic E-state index is 11.8. The van der Waals surface area contributed by atoms with Crippen molar-refractivity contribution in [3.05, 3.63) is 67.6 Å². The number of halogens is 4. The monoisotopic (exact) mass is 476 g/mol. The van der Waals surface area contributed by atoms with E-state index in [1.807, 2.05) is 0 Å². The third-order valence-electron chi connectivity index (χ3n) is 3.91. The van der Waals surface area contributed by atoms with Crippen LogP contribution in [0.25, 0.3) is 0 Å². The van der Waals surface area contributed by atoms with Crippen molar-refractivity contribution in [1.29, 1.82) is 0 Å². The van der Waals surface area contributed by atoms with E-state index >= 15 is 0 Å². The number of ether oxygens (including phenoxy) is 2. The van der Waals surface area contributed by atoms with Crippen molar-refractivity contribution >= 4 is 58.3 Å². The van der Waals surface area contributed by atoms with Crippen LogP contribution in [0, 0.1) is 0 Å². The van der Waals surface area contributed by atoms with E-state index in [9.17, 15) is 9.59 Å². The molecule has 0 unspecified atom stereocenters. The highest BCUT2D eigenvalue weighted by Gasteiger charge is 2.08. The largest absolute Gasteiger partial charge is 0.461 e. The van der Waals surface area contributed by atoms with Crippen LogP contribution in [0.5, 0.6) is 0 Å². The van der Waals surface area contributed by atoms with Gasteiger partial charge in [0.2, 0.25) is 0 Å². The average Bonchev–Trinajstić information content (AvgIpc) is 2.63. The summed E-state index contributed by atoms with van der Waals surface area (Å²) >= 11 is 23.6. The van der Waals surface area contributed by atoms with Crippen molar-refractivity contribution in [2.75, 3.05) is 0 Å². The maximum Gasteiger partial charge on any atom is 0.306 e. The highest BCUT2D eigenvalue weighted by Crippen LogP contribution is 2.21. The van der Waals surface area contributed by atoms with E-state index in [1.54, 1.807) is 36.4 Å². The van der Waals surface area contributed by atoms with Gasteiger partial charge in [0.15, 0.2) is 0 Å². The van der Waals surface area contributed by atoms with Crippen LogP contribution in [-0.2, 0) is 32.3 Å². The van der Waals surface area contributed by atoms with Gasteiger partial charge in [0.05, 0.1) is 0 Å². The van der Waals surface area contributed by atoms with Gasteiger partial charge in [-0.25, -0.2) is 0 Å². The second-order valence-corrected chi connectivity index (χ2v) is 8.18. The minimum atomic E-state index is -0.304. The summed E-state index contributed by atoms with van der Waals surface area (Å²) in [5.74, 6) is -0.608. The number of hydrogen-bond donors (Lipinski definition) is 0. The van der Waals surface area contributed by atoms with Crippen molar-refractivity contribution in [2.24, 2.45) is 0 Å². The van der Waals surface area contributed by atoms with Gasteiger partial charge in [-0.1, -0.05) is 52.8 Å². The summed E-state index contributed by atoms with van der Waals surface area (Å²) in [5.41, 5.74) is 1.47. The molecule has 8 heteroatoms. The smallest absolute Gasteiger partial charge is 0.306 e. The lowest BCUT2D eigenvalue weighted by Crippen LogP contribution is -2.06. The topological polar surface area (TPSA) is 52.6 Å². The van der Waals surface area contributed by atoms with Crippen LogP contribution in [0.3, 0.4) is 0 Å². The molecule has 0 heterocycles. The van der Waals surface area contributed by atoms with Crippen molar-refractivity contribution in [1.82, 2.24) is 0 Å². The first kappa shape index (κ1) is 23.8. The molecule has 0 saturated heterocycles. The Morgan fingerprint density at radius 1 is 0.586 bits per heavy atom. The summed E-state index contributed by atoms with van der Waals surface area (Å²) in [6.45, 7) is 0.248. The van der Waals surface area contributed by atoms with E-state index in [1.165, 1.54) is 0 Å². The molecule has 0 spiro atoms. The molecule has 2 rings (SSSR count). The normalized spacial score (nSPS) is 10.6. The Morgan fingerprint density at radius 2 is 0.931 bits per heavy atom. The fraction of sp³-hybridized carbons (Fsp3) is 0.333. The lowest BCUT2D eigenvalue weighted by molar-refractivity contribution is -0.145. The van der Waals surface area contributed by atoms with Gasteiger partial charge in [-0.05, 0) is 60.4 Å². The zero-order valence-corrected chi connectivity index (χ0v) is 18.6. The quantitative estimate of drug-likeness (QED) is 0.272. The molecule has 29 heavy (non-hydrogen) atoms. The third-order valence-corrected chi connectivity index (χ3v) is 4.78. The number of unbranched alkanes of at least 4 members (excludes halogenated alkanes) is 2. The standard InChI is InChI=1S/C21H20Cl4O4/c22-16-6-14(7-17(23)10-16)12-28-20(26)4-2-1-3-5-21(27)29-13-15-8-18(24)11-19(25)9-15/h6-11H,1-5,12-13H2. The number of hydrogen-bond acceptors (Lipinski definition) is 4. The lowest BCUT2D eigenvalue weighted by atomic mass is 10.1. The molecule has 0 atom stereocenters. The molecule has 0 aliphatic carbocycles. The molecule has 0 amide bonds. The first-order valence-corrected chi connectivity index (χ1v) is 10.5. The second-order valence-electron chi connectivity index (χ2n) is 6.44. The molecule has 156 valence electrons.